The van der Waals surface area contributed by atoms with Crippen molar-refractivity contribution in [1.82, 2.24) is 0 Å². The quantitative estimate of drug-likeness (QED) is 0.496. The van der Waals surface area contributed by atoms with Gasteiger partial charge in [-0.05, 0) is 36.5 Å². The molecule has 18 heavy (non-hydrogen) atoms. The number of carbonyl (C=O) groups is 1. The second kappa shape index (κ2) is 8.56. The van der Waals surface area contributed by atoms with Crippen LogP contribution in [0.1, 0.15) is 38.7 Å². The van der Waals surface area contributed by atoms with Crippen LogP contribution in [0.5, 0.6) is 5.75 Å². The lowest BCUT2D eigenvalue weighted by Gasteiger charge is -2.09. The van der Waals surface area contributed by atoms with Crippen molar-refractivity contribution in [3.8, 4) is 5.75 Å². The summed E-state index contributed by atoms with van der Waals surface area (Å²) < 4.78 is 10.3. The first-order chi connectivity index (χ1) is 8.76. The van der Waals surface area contributed by atoms with Crippen molar-refractivity contribution in [2.75, 3.05) is 6.61 Å². The maximum atomic E-state index is 10.1. The molecule has 0 aromatic heterocycles. The molecule has 3 nitrogen and oxygen atoms in total. The first-order valence-electron chi connectivity index (χ1n) is 6.53. The summed E-state index contributed by atoms with van der Waals surface area (Å²) in [7, 11) is 0. The lowest BCUT2D eigenvalue weighted by atomic mass is 10.0. The van der Waals surface area contributed by atoms with Gasteiger partial charge in [-0.15, -0.1) is 0 Å². The van der Waals surface area contributed by atoms with Gasteiger partial charge in [0.15, 0.2) is 0 Å². The minimum atomic E-state index is 0.317. The zero-order valence-corrected chi connectivity index (χ0v) is 11.2. The Morgan fingerprint density at radius 2 is 2.00 bits per heavy atom. The normalized spacial score (nSPS) is 11.9. The first kappa shape index (κ1) is 14.6. The smallest absolute Gasteiger partial charge is 0.293 e. The van der Waals surface area contributed by atoms with E-state index in [0.29, 0.717) is 13.1 Å². The van der Waals surface area contributed by atoms with Crippen LogP contribution < -0.4 is 4.74 Å². The van der Waals surface area contributed by atoms with E-state index < -0.39 is 0 Å². The van der Waals surface area contributed by atoms with Gasteiger partial charge in [-0.2, -0.15) is 0 Å². The predicted octanol–water partition coefficient (Wildman–Crippen LogP) is 3.56. The number of ether oxygens (including phenoxy) is 2. The number of hydrogen-bond donors (Lipinski definition) is 0. The van der Waals surface area contributed by atoms with Crippen molar-refractivity contribution in [2.45, 2.75) is 39.7 Å². The van der Waals surface area contributed by atoms with E-state index in [-0.39, 0.29) is 0 Å². The number of rotatable bonds is 9. The van der Waals surface area contributed by atoms with Crippen molar-refractivity contribution in [2.24, 2.45) is 5.92 Å². The molecule has 0 aliphatic rings. The molecule has 0 aliphatic heterocycles. The van der Waals surface area contributed by atoms with Gasteiger partial charge in [0.1, 0.15) is 12.4 Å². The van der Waals surface area contributed by atoms with Crippen LogP contribution in [0, 0.1) is 5.92 Å². The van der Waals surface area contributed by atoms with Crippen molar-refractivity contribution < 1.29 is 14.3 Å². The Balaban J connectivity index is 2.24. The Labute approximate surface area is 109 Å². The van der Waals surface area contributed by atoms with Gasteiger partial charge >= 0.3 is 0 Å². The van der Waals surface area contributed by atoms with Crippen molar-refractivity contribution in [3.05, 3.63) is 29.8 Å². The largest absolute Gasteiger partial charge is 0.494 e. The molecule has 1 aromatic carbocycles. The highest BCUT2D eigenvalue weighted by Crippen LogP contribution is 2.14. The molecule has 0 bridgehead atoms. The van der Waals surface area contributed by atoms with E-state index in [4.69, 9.17) is 4.74 Å². The fraction of sp³-hybridized carbons (Fsp3) is 0.533. The second-order valence-electron chi connectivity index (χ2n) is 4.56. The highest BCUT2D eigenvalue weighted by molar-refractivity contribution is 5.37. The molecule has 0 saturated carbocycles. The Hall–Kier alpha value is -1.51. The summed E-state index contributed by atoms with van der Waals surface area (Å²) in [5.41, 5.74) is 0.967. The molecule has 1 aromatic rings. The van der Waals surface area contributed by atoms with Crippen LogP contribution >= 0.6 is 0 Å². The molecular formula is C15H22O3. The van der Waals surface area contributed by atoms with E-state index in [1.165, 1.54) is 12.8 Å². The molecule has 0 saturated heterocycles. The predicted molar refractivity (Wildman–Crippen MR) is 71.5 cm³/mol. The fourth-order valence-corrected chi connectivity index (χ4v) is 1.64. The van der Waals surface area contributed by atoms with Crippen LogP contribution in [0.15, 0.2) is 24.3 Å². The Morgan fingerprint density at radius 1 is 1.28 bits per heavy atom. The molecular weight excluding hydrogens is 228 g/mol. The van der Waals surface area contributed by atoms with Gasteiger partial charge in [-0.25, -0.2) is 0 Å². The van der Waals surface area contributed by atoms with E-state index >= 15 is 0 Å². The zero-order valence-electron chi connectivity index (χ0n) is 11.2. The molecule has 0 spiro atoms. The van der Waals surface area contributed by atoms with E-state index in [2.05, 4.69) is 18.6 Å². The molecule has 100 valence electrons. The highest BCUT2D eigenvalue weighted by atomic mass is 16.5. The monoisotopic (exact) mass is 250 g/mol. The van der Waals surface area contributed by atoms with Gasteiger partial charge in [0.25, 0.3) is 6.47 Å². The molecule has 0 amide bonds. The summed E-state index contributed by atoms with van der Waals surface area (Å²) >= 11 is 0. The average Bonchev–Trinajstić information content (AvgIpc) is 2.42. The lowest BCUT2D eigenvalue weighted by molar-refractivity contribution is -0.129. The third kappa shape index (κ3) is 5.71. The molecule has 0 heterocycles. The molecule has 1 unspecified atom stereocenters. The summed E-state index contributed by atoms with van der Waals surface area (Å²) in [4.78, 5) is 10.1. The van der Waals surface area contributed by atoms with Crippen molar-refractivity contribution >= 4 is 6.47 Å². The minimum absolute atomic E-state index is 0.317. The number of hydrogen-bond acceptors (Lipinski definition) is 3. The van der Waals surface area contributed by atoms with E-state index in [1.54, 1.807) is 0 Å². The van der Waals surface area contributed by atoms with Gasteiger partial charge < -0.3 is 9.47 Å². The number of carbonyl (C=O) groups excluding carboxylic acids is 1. The molecule has 0 N–H and O–H groups in total. The van der Waals surface area contributed by atoms with Crippen LogP contribution in [-0.2, 0) is 16.1 Å². The molecule has 1 atom stereocenters. The van der Waals surface area contributed by atoms with E-state index in [9.17, 15) is 4.79 Å². The zero-order chi connectivity index (χ0) is 13.2. The van der Waals surface area contributed by atoms with Gasteiger partial charge in [0.05, 0.1) is 6.61 Å². The average molecular weight is 250 g/mol. The molecule has 0 radical (unpaired) electrons. The van der Waals surface area contributed by atoms with Gasteiger partial charge in [-0.1, -0.05) is 32.4 Å². The highest BCUT2D eigenvalue weighted by Gasteiger charge is 1.99. The van der Waals surface area contributed by atoms with Crippen LogP contribution in [0.2, 0.25) is 0 Å². The van der Waals surface area contributed by atoms with Gasteiger partial charge in [-0.3, -0.25) is 4.79 Å². The maximum Gasteiger partial charge on any atom is 0.293 e. The van der Waals surface area contributed by atoms with E-state index in [1.807, 2.05) is 24.3 Å². The second-order valence-corrected chi connectivity index (χ2v) is 4.56. The first-order valence-corrected chi connectivity index (χ1v) is 6.53. The minimum Gasteiger partial charge on any atom is -0.494 e. The van der Waals surface area contributed by atoms with E-state index in [0.717, 1.165) is 30.3 Å². The topological polar surface area (TPSA) is 35.5 Å². The van der Waals surface area contributed by atoms with Gasteiger partial charge in [0.2, 0.25) is 0 Å². The summed E-state index contributed by atoms with van der Waals surface area (Å²) in [5, 5.41) is 0. The fourth-order valence-electron chi connectivity index (χ4n) is 1.64. The SMILES string of the molecule is CCC(C)CCCOc1ccc(COC=O)cc1. The van der Waals surface area contributed by atoms with Crippen molar-refractivity contribution in [1.29, 1.82) is 0 Å². The molecule has 0 fully saturated rings. The summed E-state index contributed by atoms with van der Waals surface area (Å²) in [6.45, 7) is 6.01. The standard InChI is InChI=1S/C15H22O3/c1-3-13(2)5-4-10-18-15-8-6-14(7-9-15)11-17-12-16/h6-9,12-13H,3-5,10-11H2,1-2H3. The Kier molecular flexibility index (Phi) is 6.92. The third-order valence-electron chi connectivity index (χ3n) is 3.05. The van der Waals surface area contributed by atoms with Crippen LogP contribution in [0.3, 0.4) is 0 Å². The van der Waals surface area contributed by atoms with Crippen LogP contribution in [0.25, 0.3) is 0 Å². The third-order valence-corrected chi connectivity index (χ3v) is 3.05. The summed E-state index contributed by atoms with van der Waals surface area (Å²) in [6, 6.07) is 7.64. The van der Waals surface area contributed by atoms with Gasteiger partial charge in [0, 0.05) is 0 Å². The van der Waals surface area contributed by atoms with Crippen LogP contribution in [0.4, 0.5) is 0 Å². The van der Waals surface area contributed by atoms with Crippen LogP contribution in [-0.4, -0.2) is 13.1 Å². The Morgan fingerprint density at radius 3 is 2.61 bits per heavy atom. The van der Waals surface area contributed by atoms with Crippen molar-refractivity contribution in [3.63, 3.8) is 0 Å². The summed E-state index contributed by atoms with van der Waals surface area (Å²) in [6.07, 6.45) is 3.53. The Bertz CT molecular complexity index is 332. The number of benzene rings is 1. The maximum absolute atomic E-state index is 10.1. The lowest BCUT2D eigenvalue weighted by Crippen LogP contribution is -2.01. The summed E-state index contributed by atoms with van der Waals surface area (Å²) in [5.74, 6) is 1.64. The molecule has 1 rings (SSSR count). The molecule has 0 aliphatic carbocycles. The molecule has 3 heteroatoms.